The standard InChI is InChI=1S/C16H26N4OS/c1-12(2)11-14-17-16(22-18-14)19-9-6-13(7-10-19)20-8-4-3-5-15(20)21/h12-13H,3-11H2,1-2H3. The summed E-state index contributed by atoms with van der Waals surface area (Å²) in [7, 11) is 0. The number of piperidine rings is 2. The molecule has 0 N–H and O–H groups in total. The number of anilines is 1. The molecule has 1 aromatic rings. The summed E-state index contributed by atoms with van der Waals surface area (Å²) in [4.78, 5) is 21.2. The summed E-state index contributed by atoms with van der Waals surface area (Å²) in [5.74, 6) is 1.93. The lowest BCUT2D eigenvalue weighted by molar-refractivity contribution is -0.136. The number of likely N-dealkylation sites (tertiary alicyclic amines) is 1. The topological polar surface area (TPSA) is 49.3 Å². The summed E-state index contributed by atoms with van der Waals surface area (Å²) in [6.07, 6.45) is 6.05. The van der Waals surface area contributed by atoms with Gasteiger partial charge in [0.25, 0.3) is 0 Å². The molecule has 2 aliphatic heterocycles. The number of hydrogen-bond acceptors (Lipinski definition) is 5. The summed E-state index contributed by atoms with van der Waals surface area (Å²) in [6, 6.07) is 0.437. The van der Waals surface area contributed by atoms with Crippen LogP contribution in [0.2, 0.25) is 0 Å². The van der Waals surface area contributed by atoms with E-state index in [0.717, 1.165) is 62.7 Å². The fraction of sp³-hybridized carbons (Fsp3) is 0.812. The Bertz CT molecular complexity index is 508. The van der Waals surface area contributed by atoms with Gasteiger partial charge in [-0.15, -0.1) is 0 Å². The molecule has 0 aliphatic carbocycles. The highest BCUT2D eigenvalue weighted by molar-refractivity contribution is 7.09. The van der Waals surface area contributed by atoms with Gasteiger partial charge in [0.1, 0.15) is 5.82 Å². The zero-order valence-electron chi connectivity index (χ0n) is 13.6. The number of carbonyl (C=O) groups is 1. The van der Waals surface area contributed by atoms with Crippen LogP contribution in [0.4, 0.5) is 5.13 Å². The minimum Gasteiger partial charge on any atom is -0.347 e. The Morgan fingerprint density at radius 3 is 2.68 bits per heavy atom. The molecule has 0 atom stereocenters. The first-order valence-electron chi connectivity index (χ1n) is 8.50. The van der Waals surface area contributed by atoms with Gasteiger partial charge in [0, 0.05) is 50.1 Å². The van der Waals surface area contributed by atoms with Crippen LogP contribution in [0, 0.1) is 5.92 Å². The summed E-state index contributed by atoms with van der Waals surface area (Å²) in [5.41, 5.74) is 0. The first-order chi connectivity index (χ1) is 10.6. The molecule has 0 spiro atoms. The van der Waals surface area contributed by atoms with Crippen LogP contribution in [0.1, 0.15) is 51.8 Å². The van der Waals surface area contributed by atoms with Crippen molar-refractivity contribution in [1.82, 2.24) is 14.3 Å². The number of hydrogen-bond donors (Lipinski definition) is 0. The number of nitrogens with zero attached hydrogens (tertiary/aromatic N) is 4. The van der Waals surface area contributed by atoms with Crippen molar-refractivity contribution >= 4 is 22.6 Å². The van der Waals surface area contributed by atoms with Crippen molar-refractivity contribution in [2.24, 2.45) is 5.92 Å². The van der Waals surface area contributed by atoms with Crippen molar-refractivity contribution in [3.8, 4) is 0 Å². The molecular formula is C16H26N4OS. The van der Waals surface area contributed by atoms with Crippen molar-refractivity contribution in [1.29, 1.82) is 0 Å². The number of carbonyl (C=O) groups excluding carboxylic acids is 1. The van der Waals surface area contributed by atoms with Crippen LogP contribution in [0.15, 0.2) is 0 Å². The molecule has 0 bridgehead atoms. The Hall–Kier alpha value is -1.17. The predicted octanol–water partition coefficient (Wildman–Crippen LogP) is 2.72. The SMILES string of the molecule is CC(C)Cc1nsc(N2CCC(N3CCCCC3=O)CC2)n1. The maximum absolute atomic E-state index is 12.0. The number of amides is 1. The van der Waals surface area contributed by atoms with Gasteiger partial charge in [-0.25, -0.2) is 4.98 Å². The van der Waals surface area contributed by atoms with Crippen LogP contribution in [0.5, 0.6) is 0 Å². The molecule has 0 aromatic carbocycles. The van der Waals surface area contributed by atoms with E-state index >= 15 is 0 Å². The van der Waals surface area contributed by atoms with Gasteiger partial charge in [-0.2, -0.15) is 4.37 Å². The molecule has 122 valence electrons. The van der Waals surface area contributed by atoms with Crippen molar-refractivity contribution < 1.29 is 4.79 Å². The summed E-state index contributed by atoms with van der Waals surface area (Å²) in [5, 5.41) is 1.05. The summed E-state index contributed by atoms with van der Waals surface area (Å²) >= 11 is 1.52. The molecule has 5 nitrogen and oxygen atoms in total. The van der Waals surface area contributed by atoms with Crippen molar-refractivity contribution in [3.05, 3.63) is 5.82 Å². The van der Waals surface area contributed by atoms with Gasteiger partial charge in [0.2, 0.25) is 11.0 Å². The van der Waals surface area contributed by atoms with E-state index in [1.54, 1.807) is 0 Å². The molecule has 0 unspecified atom stereocenters. The van der Waals surface area contributed by atoms with E-state index in [1.165, 1.54) is 18.0 Å². The Kier molecular flexibility index (Phi) is 4.96. The zero-order valence-corrected chi connectivity index (χ0v) is 14.4. The normalized spacial score (nSPS) is 21.0. The first-order valence-corrected chi connectivity index (χ1v) is 9.28. The molecule has 2 saturated heterocycles. The monoisotopic (exact) mass is 322 g/mol. The second kappa shape index (κ2) is 6.94. The predicted molar refractivity (Wildman–Crippen MR) is 89.3 cm³/mol. The quantitative estimate of drug-likeness (QED) is 0.855. The molecule has 1 aromatic heterocycles. The smallest absolute Gasteiger partial charge is 0.222 e. The van der Waals surface area contributed by atoms with E-state index in [2.05, 4.69) is 33.0 Å². The van der Waals surface area contributed by atoms with Gasteiger partial charge in [0.15, 0.2) is 0 Å². The molecule has 1 amide bonds. The third kappa shape index (κ3) is 3.59. The third-order valence-corrected chi connectivity index (χ3v) is 5.40. The molecule has 2 aliphatic rings. The fourth-order valence-corrected chi connectivity index (χ4v) is 4.15. The van der Waals surface area contributed by atoms with Crippen LogP contribution < -0.4 is 4.90 Å². The fourth-order valence-electron chi connectivity index (χ4n) is 3.40. The lowest BCUT2D eigenvalue weighted by atomic mass is 10.00. The Labute approximate surface area is 136 Å². The third-order valence-electron chi connectivity index (χ3n) is 4.58. The van der Waals surface area contributed by atoms with Crippen molar-refractivity contribution in [2.75, 3.05) is 24.5 Å². The zero-order chi connectivity index (χ0) is 15.5. The maximum Gasteiger partial charge on any atom is 0.222 e. The van der Waals surface area contributed by atoms with Gasteiger partial charge in [-0.05, 0) is 31.6 Å². The number of rotatable bonds is 4. The Morgan fingerprint density at radius 1 is 1.23 bits per heavy atom. The summed E-state index contributed by atoms with van der Waals surface area (Å²) < 4.78 is 4.48. The molecule has 3 rings (SSSR count). The highest BCUT2D eigenvalue weighted by Crippen LogP contribution is 2.26. The molecule has 2 fully saturated rings. The van der Waals surface area contributed by atoms with E-state index in [-0.39, 0.29) is 0 Å². The minimum absolute atomic E-state index is 0.361. The van der Waals surface area contributed by atoms with Crippen LogP contribution in [0.25, 0.3) is 0 Å². The maximum atomic E-state index is 12.0. The second-order valence-electron chi connectivity index (χ2n) is 6.85. The Morgan fingerprint density at radius 2 is 2.00 bits per heavy atom. The van der Waals surface area contributed by atoms with E-state index in [9.17, 15) is 4.79 Å². The van der Waals surface area contributed by atoms with E-state index in [0.29, 0.717) is 17.9 Å². The van der Waals surface area contributed by atoms with Crippen LogP contribution in [-0.4, -0.2) is 45.8 Å². The largest absolute Gasteiger partial charge is 0.347 e. The lowest BCUT2D eigenvalue weighted by Crippen LogP contribution is -2.49. The minimum atomic E-state index is 0.361. The van der Waals surface area contributed by atoms with Gasteiger partial charge in [-0.3, -0.25) is 4.79 Å². The van der Waals surface area contributed by atoms with Gasteiger partial charge in [0.05, 0.1) is 0 Å². The van der Waals surface area contributed by atoms with Gasteiger partial charge in [-0.1, -0.05) is 13.8 Å². The van der Waals surface area contributed by atoms with Gasteiger partial charge >= 0.3 is 0 Å². The highest BCUT2D eigenvalue weighted by Gasteiger charge is 2.30. The Balaban J connectivity index is 1.55. The van der Waals surface area contributed by atoms with E-state index in [1.807, 2.05) is 0 Å². The summed E-state index contributed by atoms with van der Waals surface area (Å²) in [6.45, 7) is 7.33. The average molecular weight is 322 g/mol. The average Bonchev–Trinajstić information content (AvgIpc) is 2.96. The molecule has 0 saturated carbocycles. The van der Waals surface area contributed by atoms with Crippen LogP contribution in [0.3, 0.4) is 0 Å². The molecule has 22 heavy (non-hydrogen) atoms. The van der Waals surface area contributed by atoms with Crippen LogP contribution in [-0.2, 0) is 11.2 Å². The molecule has 3 heterocycles. The van der Waals surface area contributed by atoms with Gasteiger partial charge < -0.3 is 9.80 Å². The highest BCUT2D eigenvalue weighted by atomic mass is 32.1. The van der Waals surface area contributed by atoms with Crippen LogP contribution >= 0.6 is 11.5 Å². The van der Waals surface area contributed by atoms with E-state index in [4.69, 9.17) is 0 Å². The molecule has 6 heteroatoms. The molecule has 0 radical (unpaired) electrons. The molecular weight excluding hydrogens is 296 g/mol. The van der Waals surface area contributed by atoms with E-state index < -0.39 is 0 Å². The first kappa shape index (κ1) is 15.7. The van der Waals surface area contributed by atoms with Crippen molar-refractivity contribution in [2.45, 2.75) is 58.4 Å². The number of aromatic nitrogens is 2. The second-order valence-corrected chi connectivity index (χ2v) is 7.58. The van der Waals surface area contributed by atoms with Crippen molar-refractivity contribution in [3.63, 3.8) is 0 Å². The lowest BCUT2D eigenvalue weighted by Gasteiger charge is -2.40.